The highest BCUT2D eigenvalue weighted by atomic mass is 32.1. The summed E-state index contributed by atoms with van der Waals surface area (Å²) in [6.07, 6.45) is 4.21. The first kappa shape index (κ1) is 12.2. The lowest BCUT2D eigenvalue weighted by atomic mass is 10.00. The molecule has 1 aromatic heterocycles. The molecule has 1 saturated heterocycles. The number of rotatable bonds is 2. The minimum atomic E-state index is 0.373. The predicted molar refractivity (Wildman–Crippen MR) is 73.3 cm³/mol. The van der Waals surface area contributed by atoms with Gasteiger partial charge in [0, 0.05) is 19.3 Å². The first-order valence-electron chi connectivity index (χ1n) is 5.96. The van der Waals surface area contributed by atoms with Crippen LogP contribution in [-0.4, -0.2) is 28.0 Å². The molecule has 0 radical (unpaired) electrons. The molecule has 1 unspecified atom stereocenters. The summed E-state index contributed by atoms with van der Waals surface area (Å²) in [4.78, 5) is 11.3. The Hall–Kier alpha value is -1.23. The molecule has 1 aromatic rings. The van der Waals surface area contributed by atoms with Crippen molar-refractivity contribution < 1.29 is 0 Å². The van der Waals surface area contributed by atoms with Gasteiger partial charge >= 0.3 is 0 Å². The highest BCUT2D eigenvalue weighted by molar-refractivity contribution is 7.80. The maximum Gasteiger partial charge on any atom is 0.142 e. The van der Waals surface area contributed by atoms with Crippen LogP contribution in [0.4, 0.5) is 5.82 Å². The topological polar surface area (TPSA) is 55.0 Å². The van der Waals surface area contributed by atoms with E-state index in [1.54, 1.807) is 6.20 Å². The van der Waals surface area contributed by atoms with Crippen molar-refractivity contribution in [2.24, 2.45) is 11.7 Å². The fourth-order valence-corrected chi connectivity index (χ4v) is 2.40. The van der Waals surface area contributed by atoms with Gasteiger partial charge in [0.1, 0.15) is 16.6 Å². The van der Waals surface area contributed by atoms with Crippen molar-refractivity contribution in [1.82, 2.24) is 9.97 Å². The van der Waals surface area contributed by atoms with E-state index in [1.165, 1.54) is 12.8 Å². The molecule has 0 amide bonds. The molecule has 1 aliphatic rings. The van der Waals surface area contributed by atoms with E-state index in [-0.39, 0.29) is 0 Å². The quantitative estimate of drug-likeness (QED) is 0.809. The Morgan fingerprint density at radius 1 is 1.59 bits per heavy atom. The number of aryl methyl sites for hydroxylation is 1. The molecule has 17 heavy (non-hydrogen) atoms. The number of aromatic nitrogens is 2. The van der Waals surface area contributed by atoms with Gasteiger partial charge in [0.2, 0.25) is 0 Å². The zero-order valence-electron chi connectivity index (χ0n) is 10.3. The molecule has 0 spiro atoms. The number of hydrogen-bond donors (Lipinski definition) is 1. The van der Waals surface area contributed by atoms with Crippen LogP contribution in [-0.2, 0) is 0 Å². The van der Waals surface area contributed by atoms with E-state index < -0.39 is 0 Å². The molecule has 0 aliphatic carbocycles. The van der Waals surface area contributed by atoms with Crippen LogP contribution in [0.15, 0.2) is 6.20 Å². The van der Waals surface area contributed by atoms with Gasteiger partial charge in [0.05, 0.1) is 5.56 Å². The monoisotopic (exact) mass is 250 g/mol. The van der Waals surface area contributed by atoms with Crippen molar-refractivity contribution in [3.63, 3.8) is 0 Å². The van der Waals surface area contributed by atoms with Crippen LogP contribution >= 0.6 is 12.2 Å². The van der Waals surface area contributed by atoms with Crippen molar-refractivity contribution in [1.29, 1.82) is 0 Å². The zero-order valence-corrected chi connectivity index (χ0v) is 11.1. The zero-order chi connectivity index (χ0) is 12.4. The van der Waals surface area contributed by atoms with E-state index >= 15 is 0 Å². The number of nitrogens with two attached hydrogens (primary N) is 1. The summed E-state index contributed by atoms with van der Waals surface area (Å²) >= 11 is 5.06. The van der Waals surface area contributed by atoms with Crippen LogP contribution in [0, 0.1) is 12.8 Å². The molecule has 1 fully saturated rings. The molecule has 92 valence electrons. The standard InChI is InChI=1S/C12H18N4S/c1-8-4-3-5-16(7-8)12-10(11(13)17)6-14-9(2)15-12/h6,8H,3-5,7H2,1-2H3,(H2,13,17). The molecule has 0 aromatic carbocycles. The Balaban J connectivity index is 2.35. The molecule has 2 rings (SSSR count). The van der Waals surface area contributed by atoms with Crippen LogP contribution in [0.25, 0.3) is 0 Å². The number of thiocarbonyl (C=S) groups is 1. The third-order valence-electron chi connectivity index (χ3n) is 3.11. The Labute approximate surface area is 107 Å². The average molecular weight is 250 g/mol. The predicted octanol–water partition coefficient (Wildman–Crippen LogP) is 1.66. The third-order valence-corrected chi connectivity index (χ3v) is 3.33. The lowest BCUT2D eigenvalue weighted by Gasteiger charge is -2.32. The Morgan fingerprint density at radius 3 is 3.00 bits per heavy atom. The summed E-state index contributed by atoms with van der Waals surface area (Å²) in [7, 11) is 0. The Morgan fingerprint density at radius 2 is 2.35 bits per heavy atom. The highest BCUT2D eigenvalue weighted by Gasteiger charge is 2.21. The van der Waals surface area contributed by atoms with E-state index in [1.807, 2.05) is 6.92 Å². The lowest BCUT2D eigenvalue weighted by Crippen LogP contribution is -2.36. The smallest absolute Gasteiger partial charge is 0.142 e. The second kappa shape index (κ2) is 4.96. The number of hydrogen-bond acceptors (Lipinski definition) is 4. The molecule has 1 atom stereocenters. The highest BCUT2D eigenvalue weighted by Crippen LogP contribution is 2.24. The first-order valence-corrected chi connectivity index (χ1v) is 6.37. The van der Waals surface area contributed by atoms with Crippen LogP contribution in [0.1, 0.15) is 31.2 Å². The van der Waals surface area contributed by atoms with Gasteiger partial charge in [0.15, 0.2) is 0 Å². The van der Waals surface area contributed by atoms with Gasteiger partial charge in [-0.3, -0.25) is 0 Å². The van der Waals surface area contributed by atoms with Gasteiger partial charge in [0.25, 0.3) is 0 Å². The summed E-state index contributed by atoms with van der Waals surface area (Å²) in [5, 5.41) is 0. The van der Waals surface area contributed by atoms with Crippen LogP contribution < -0.4 is 10.6 Å². The molecular weight excluding hydrogens is 232 g/mol. The number of piperidine rings is 1. The second-order valence-electron chi connectivity index (χ2n) is 4.71. The third kappa shape index (κ3) is 2.72. The molecule has 2 N–H and O–H groups in total. The summed E-state index contributed by atoms with van der Waals surface area (Å²) in [6, 6.07) is 0. The Kier molecular flexibility index (Phi) is 3.57. The molecule has 4 nitrogen and oxygen atoms in total. The van der Waals surface area contributed by atoms with Crippen molar-refractivity contribution in [2.45, 2.75) is 26.7 Å². The van der Waals surface area contributed by atoms with E-state index in [4.69, 9.17) is 18.0 Å². The SMILES string of the molecule is Cc1ncc(C(N)=S)c(N2CCCC(C)C2)n1. The average Bonchev–Trinajstić information content (AvgIpc) is 2.28. The number of anilines is 1. The lowest BCUT2D eigenvalue weighted by molar-refractivity contribution is 0.444. The van der Waals surface area contributed by atoms with E-state index in [2.05, 4.69) is 21.8 Å². The fraction of sp³-hybridized carbons (Fsp3) is 0.583. The van der Waals surface area contributed by atoms with Crippen LogP contribution in [0.2, 0.25) is 0 Å². The molecule has 5 heteroatoms. The minimum absolute atomic E-state index is 0.373. The van der Waals surface area contributed by atoms with Crippen LogP contribution in [0.3, 0.4) is 0 Å². The van der Waals surface area contributed by atoms with Crippen molar-refractivity contribution in [3.8, 4) is 0 Å². The van der Waals surface area contributed by atoms with Gasteiger partial charge in [-0.2, -0.15) is 0 Å². The van der Waals surface area contributed by atoms with E-state index in [0.29, 0.717) is 10.9 Å². The summed E-state index contributed by atoms with van der Waals surface area (Å²) in [5.41, 5.74) is 6.52. The molecular formula is C12H18N4S. The van der Waals surface area contributed by atoms with Crippen molar-refractivity contribution >= 4 is 23.0 Å². The molecule has 2 heterocycles. The van der Waals surface area contributed by atoms with Gasteiger partial charge in [-0.1, -0.05) is 19.1 Å². The second-order valence-corrected chi connectivity index (χ2v) is 5.15. The number of nitrogens with zero attached hydrogens (tertiary/aromatic N) is 3. The van der Waals surface area contributed by atoms with Crippen molar-refractivity contribution in [3.05, 3.63) is 17.6 Å². The van der Waals surface area contributed by atoms with Gasteiger partial charge in [-0.15, -0.1) is 0 Å². The first-order chi connectivity index (χ1) is 8.08. The Bertz CT molecular complexity index is 433. The van der Waals surface area contributed by atoms with Crippen molar-refractivity contribution in [2.75, 3.05) is 18.0 Å². The minimum Gasteiger partial charge on any atom is -0.389 e. The van der Waals surface area contributed by atoms with Crippen LogP contribution in [0.5, 0.6) is 0 Å². The normalized spacial score (nSPS) is 20.4. The van der Waals surface area contributed by atoms with E-state index in [0.717, 1.165) is 30.3 Å². The van der Waals surface area contributed by atoms with Gasteiger partial charge < -0.3 is 10.6 Å². The summed E-state index contributed by atoms with van der Waals surface area (Å²) < 4.78 is 0. The largest absolute Gasteiger partial charge is 0.389 e. The van der Waals surface area contributed by atoms with E-state index in [9.17, 15) is 0 Å². The maximum atomic E-state index is 5.73. The molecule has 1 aliphatic heterocycles. The fourth-order valence-electron chi connectivity index (χ4n) is 2.25. The summed E-state index contributed by atoms with van der Waals surface area (Å²) in [5.74, 6) is 2.35. The molecule has 0 saturated carbocycles. The summed E-state index contributed by atoms with van der Waals surface area (Å²) in [6.45, 7) is 6.20. The maximum absolute atomic E-state index is 5.73. The van der Waals surface area contributed by atoms with Gasteiger partial charge in [-0.25, -0.2) is 9.97 Å². The van der Waals surface area contributed by atoms with Gasteiger partial charge in [-0.05, 0) is 25.7 Å². The molecule has 0 bridgehead atoms.